The molecule has 0 aromatic heterocycles. The summed E-state index contributed by atoms with van der Waals surface area (Å²) in [6, 6.07) is 8.02. The summed E-state index contributed by atoms with van der Waals surface area (Å²) in [4.78, 5) is 12.8. The minimum absolute atomic E-state index is 0.458. The number of nitrogens with two attached hydrogens (primary N) is 1. The zero-order chi connectivity index (χ0) is 21.3. The normalized spacial score (nSPS) is 18.8. The average Bonchev–Trinajstić information content (AvgIpc) is 3.34. The van der Waals surface area contributed by atoms with Crippen LogP contribution in [0, 0.1) is 0 Å². The Balaban J connectivity index is 1.57. The predicted octanol–water partition coefficient (Wildman–Crippen LogP) is 2.61. The average molecular weight is 405 g/mol. The summed E-state index contributed by atoms with van der Waals surface area (Å²) in [6.45, 7) is 11.1. The molecule has 7 nitrogen and oxygen atoms in total. The number of fused-ring (bicyclic) bond motifs is 3. The van der Waals surface area contributed by atoms with Crippen LogP contribution in [0.3, 0.4) is 0 Å². The van der Waals surface area contributed by atoms with E-state index in [1.165, 1.54) is 0 Å². The first-order valence-electron chi connectivity index (χ1n) is 10.1. The molecule has 30 heavy (non-hydrogen) atoms. The molecule has 0 radical (unpaired) electrons. The van der Waals surface area contributed by atoms with Gasteiger partial charge < -0.3 is 21.1 Å². The van der Waals surface area contributed by atoms with Crippen molar-refractivity contribution in [2.45, 2.75) is 19.4 Å². The number of nitrogens with one attached hydrogen (secondary N) is 1. The quantitative estimate of drug-likeness (QED) is 0.501. The smallest absolute Gasteiger partial charge is 0.121 e. The Labute approximate surface area is 177 Å². The van der Waals surface area contributed by atoms with Crippen LogP contribution in [0.15, 0.2) is 81.7 Å². The Bertz CT molecular complexity index is 1010. The summed E-state index contributed by atoms with van der Waals surface area (Å²) >= 11 is 0. The first-order chi connectivity index (χ1) is 14.3. The topological polar surface area (TPSA) is 89.5 Å². The van der Waals surface area contributed by atoms with Crippen molar-refractivity contribution in [3.63, 3.8) is 0 Å². The van der Waals surface area contributed by atoms with Crippen LogP contribution in [-0.4, -0.2) is 54.0 Å². The fourth-order valence-corrected chi connectivity index (χ4v) is 3.72. The summed E-state index contributed by atoms with van der Waals surface area (Å²) in [5.74, 6) is 1.29. The van der Waals surface area contributed by atoms with E-state index >= 15 is 0 Å². The van der Waals surface area contributed by atoms with Gasteiger partial charge in [0.05, 0.1) is 36.4 Å². The molecular formula is C23H28N6O. The van der Waals surface area contributed by atoms with E-state index < -0.39 is 5.60 Å². The molecule has 3 aliphatic heterocycles. The van der Waals surface area contributed by atoms with Gasteiger partial charge in [-0.05, 0) is 49.8 Å². The fraction of sp³-hybridized carbons (Fsp3) is 0.304. The molecule has 3 aliphatic rings. The molecule has 0 saturated heterocycles. The van der Waals surface area contributed by atoms with Crippen LogP contribution in [0.4, 0.5) is 11.4 Å². The third-order valence-electron chi connectivity index (χ3n) is 5.32. The number of hydrogen-bond donors (Lipinski definition) is 3. The van der Waals surface area contributed by atoms with Crippen molar-refractivity contribution in [2.75, 3.05) is 36.4 Å². The van der Waals surface area contributed by atoms with E-state index in [4.69, 9.17) is 5.73 Å². The Morgan fingerprint density at radius 3 is 2.93 bits per heavy atom. The molecule has 0 saturated carbocycles. The van der Waals surface area contributed by atoms with Gasteiger partial charge in [-0.2, -0.15) is 0 Å². The second-order valence-corrected chi connectivity index (χ2v) is 8.04. The van der Waals surface area contributed by atoms with Gasteiger partial charge in [0.1, 0.15) is 11.7 Å². The van der Waals surface area contributed by atoms with E-state index in [0.717, 1.165) is 53.7 Å². The molecule has 0 spiro atoms. The highest BCUT2D eigenvalue weighted by atomic mass is 16.3. The number of nitrogens with zero attached hydrogens (tertiary/aromatic N) is 4. The number of allylic oxidation sites excluding steroid dienone is 1. The van der Waals surface area contributed by atoms with Crippen molar-refractivity contribution in [1.29, 1.82) is 0 Å². The molecule has 0 atom stereocenters. The number of rotatable bonds is 6. The maximum atomic E-state index is 10.8. The molecule has 0 bridgehead atoms. The molecule has 1 aromatic rings. The Morgan fingerprint density at radius 1 is 1.40 bits per heavy atom. The lowest BCUT2D eigenvalue weighted by Gasteiger charge is -2.33. The van der Waals surface area contributed by atoms with Crippen LogP contribution in [0.5, 0.6) is 0 Å². The van der Waals surface area contributed by atoms with E-state index in [1.54, 1.807) is 19.9 Å². The predicted molar refractivity (Wildman–Crippen MR) is 124 cm³/mol. The highest BCUT2D eigenvalue weighted by Gasteiger charge is 2.36. The number of anilines is 2. The first-order valence-corrected chi connectivity index (χ1v) is 10.1. The number of aliphatic imine (C=N–C) groups is 2. The van der Waals surface area contributed by atoms with Gasteiger partial charge in [0.15, 0.2) is 0 Å². The van der Waals surface area contributed by atoms with Crippen LogP contribution in [0.2, 0.25) is 0 Å². The van der Waals surface area contributed by atoms with Crippen LogP contribution >= 0.6 is 0 Å². The van der Waals surface area contributed by atoms with Gasteiger partial charge in [0.25, 0.3) is 0 Å². The van der Waals surface area contributed by atoms with Gasteiger partial charge in [-0.1, -0.05) is 18.7 Å². The molecule has 0 fully saturated rings. The minimum atomic E-state index is -1.03. The van der Waals surface area contributed by atoms with Crippen molar-refractivity contribution < 1.29 is 5.11 Å². The number of amidine groups is 1. The maximum absolute atomic E-state index is 10.8. The number of benzene rings is 1. The standard InChI is InChI=1S/C23H28N6O/c1-16-17(8-9-21(24)26-11-13-28-12-10-25-15-28)14-18(23(2,3)30)22-27-19-6-4-5-7-20(19)29(16)22/h4-9,14-15,27,30H,1,10-13H2,2-3H3,(H2,24,26). The van der Waals surface area contributed by atoms with Gasteiger partial charge in [-0.25, -0.2) is 0 Å². The lowest BCUT2D eigenvalue weighted by atomic mass is 9.91. The van der Waals surface area contributed by atoms with E-state index in [1.807, 2.05) is 47.7 Å². The Morgan fingerprint density at radius 2 is 2.20 bits per heavy atom. The number of hydrogen-bond acceptors (Lipinski definition) is 6. The summed E-state index contributed by atoms with van der Waals surface area (Å²) in [6.07, 6.45) is 7.51. The van der Waals surface area contributed by atoms with Gasteiger partial charge in [0.2, 0.25) is 0 Å². The zero-order valence-corrected chi connectivity index (χ0v) is 17.5. The largest absolute Gasteiger partial charge is 0.386 e. The van der Waals surface area contributed by atoms with Crippen molar-refractivity contribution in [3.05, 3.63) is 71.7 Å². The number of aliphatic hydroxyl groups is 1. The SMILES string of the molecule is C=C1C(C=CC(N)=NCCN2C=NCC2)=CC(C(C)(C)O)=C2Nc3ccccc3N12. The first kappa shape index (κ1) is 20.0. The molecule has 4 N–H and O–H groups in total. The molecule has 0 amide bonds. The minimum Gasteiger partial charge on any atom is -0.386 e. The molecule has 0 unspecified atom stereocenters. The van der Waals surface area contributed by atoms with E-state index in [-0.39, 0.29) is 0 Å². The summed E-state index contributed by atoms with van der Waals surface area (Å²) in [7, 11) is 0. The van der Waals surface area contributed by atoms with Crippen LogP contribution < -0.4 is 16.0 Å². The third kappa shape index (κ3) is 3.89. The summed E-state index contributed by atoms with van der Waals surface area (Å²) < 4.78 is 0. The molecule has 156 valence electrons. The molecule has 3 heterocycles. The van der Waals surface area contributed by atoms with Crippen molar-refractivity contribution in [1.82, 2.24) is 4.90 Å². The van der Waals surface area contributed by atoms with Crippen LogP contribution in [-0.2, 0) is 0 Å². The van der Waals surface area contributed by atoms with E-state index in [9.17, 15) is 5.11 Å². The van der Waals surface area contributed by atoms with Gasteiger partial charge in [0, 0.05) is 24.4 Å². The Hall–Kier alpha value is -3.32. The van der Waals surface area contributed by atoms with Crippen LogP contribution in [0.1, 0.15) is 13.8 Å². The van der Waals surface area contributed by atoms with Gasteiger partial charge in [-0.15, -0.1) is 0 Å². The third-order valence-corrected chi connectivity index (χ3v) is 5.32. The molecule has 4 rings (SSSR count). The lowest BCUT2D eigenvalue weighted by Crippen LogP contribution is -2.33. The second-order valence-electron chi connectivity index (χ2n) is 8.04. The van der Waals surface area contributed by atoms with Crippen molar-refractivity contribution in [3.8, 4) is 0 Å². The second kappa shape index (κ2) is 7.84. The fourth-order valence-electron chi connectivity index (χ4n) is 3.72. The van der Waals surface area contributed by atoms with Gasteiger partial charge in [-0.3, -0.25) is 14.9 Å². The highest BCUT2D eigenvalue weighted by Crippen LogP contribution is 2.45. The monoisotopic (exact) mass is 404 g/mol. The molecule has 1 aromatic carbocycles. The van der Waals surface area contributed by atoms with E-state index in [2.05, 4.69) is 26.8 Å². The lowest BCUT2D eigenvalue weighted by molar-refractivity contribution is 0.122. The molecule has 0 aliphatic carbocycles. The number of para-hydroxylation sites is 2. The Kier molecular flexibility index (Phi) is 5.22. The van der Waals surface area contributed by atoms with Gasteiger partial charge >= 0.3 is 0 Å². The molecular weight excluding hydrogens is 376 g/mol. The van der Waals surface area contributed by atoms with E-state index in [0.29, 0.717) is 12.4 Å². The summed E-state index contributed by atoms with van der Waals surface area (Å²) in [5.41, 5.74) is 9.53. The maximum Gasteiger partial charge on any atom is 0.121 e. The molecule has 7 heteroatoms. The van der Waals surface area contributed by atoms with Crippen LogP contribution in [0.25, 0.3) is 0 Å². The van der Waals surface area contributed by atoms with Crippen molar-refractivity contribution in [2.24, 2.45) is 15.7 Å². The highest BCUT2D eigenvalue weighted by molar-refractivity contribution is 5.93. The summed E-state index contributed by atoms with van der Waals surface area (Å²) in [5, 5.41) is 14.2. The van der Waals surface area contributed by atoms with Crippen molar-refractivity contribution >= 4 is 23.5 Å². The zero-order valence-electron chi connectivity index (χ0n) is 17.5.